The molecule has 2 aromatic carbocycles. The predicted octanol–water partition coefficient (Wildman–Crippen LogP) is 4.32. The number of para-hydroxylation sites is 1. The van der Waals surface area contributed by atoms with Crippen LogP contribution >= 0.6 is 0 Å². The predicted molar refractivity (Wildman–Crippen MR) is 101 cm³/mol. The maximum atomic E-state index is 6.16. The quantitative estimate of drug-likeness (QED) is 0.771. The Bertz CT molecular complexity index is 639. The molecule has 3 rings (SSSR count). The molecule has 0 radical (unpaired) electrons. The fourth-order valence-electron chi connectivity index (χ4n) is 3.45. The Kier molecular flexibility index (Phi) is 5.76. The van der Waals surface area contributed by atoms with E-state index < -0.39 is 0 Å². The number of nitrogens with zero attached hydrogens (tertiary/aromatic N) is 1. The third kappa shape index (κ3) is 3.73. The number of hydrogen-bond acceptors (Lipinski definition) is 3. The van der Waals surface area contributed by atoms with Crippen molar-refractivity contribution in [2.24, 2.45) is 5.73 Å². The molecule has 128 valence electrons. The summed E-state index contributed by atoms with van der Waals surface area (Å²) in [6.45, 7) is 4.64. The van der Waals surface area contributed by atoms with Crippen LogP contribution in [-0.4, -0.2) is 19.7 Å². The van der Waals surface area contributed by atoms with E-state index in [-0.39, 0.29) is 6.04 Å². The number of unbranched alkanes of at least 4 members (excludes halogenated alkanes) is 1. The minimum Gasteiger partial charge on any atom is -0.494 e. The lowest BCUT2D eigenvalue weighted by Crippen LogP contribution is -2.37. The molecule has 2 aromatic rings. The molecule has 0 saturated heterocycles. The van der Waals surface area contributed by atoms with E-state index in [9.17, 15) is 0 Å². The van der Waals surface area contributed by atoms with Crippen molar-refractivity contribution < 1.29 is 4.74 Å². The monoisotopic (exact) mass is 324 g/mol. The molecule has 3 nitrogen and oxygen atoms in total. The summed E-state index contributed by atoms with van der Waals surface area (Å²) in [6, 6.07) is 17.4. The number of fused-ring (bicyclic) bond motifs is 1. The lowest BCUT2D eigenvalue weighted by molar-refractivity contribution is 0.309. The van der Waals surface area contributed by atoms with E-state index in [0.29, 0.717) is 6.54 Å². The molecule has 0 saturated carbocycles. The molecule has 0 bridgehead atoms. The summed E-state index contributed by atoms with van der Waals surface area (Å²) in [5.41, 5.74) is 10.2. The van der Waals surface area contributed by atoms with Crippen LogP contribution in [0.5, 0.6) is 5.75 Å². The van der Waals surface area contributed by atoms with Crippen LogP contribution in [0.15, 0.2) is 48.5 Å². The average Bonchev–Trinajstić information content (AvgIpc) is 2.64. The number of anilines is 1. The Labute approximate surface area is 145 Å². The van der Waals surface area contributed by atoms with Crippen LogP contribution in [0.25, 0.3) is 0 Å². The minimum atomic E-state index is 0.219. The fraction of sp³-hybridized carbons (Fsp3) is 0.429. The van der Waals surface area contributed by atoms with Crippen LogP contribution in [0, 0.1) is 0 Å². The zero-order valence-corrected chi connectivity index (χ0v) is 14.6. The lowest BCUT2D eigenvalue weighted by Gasteiger charge is -2.37. The zero-order valence-electron chi connectivity index (χ0n) is 14.6. The number of nitrogens with two attached hydrogens (primary N) is 1. The topological polar surface area (TPSA) is 38.5 Å². The second kappa shape index (κ2) is 8.20. The third-order valence-corrected chi connectivity index (χ3v) is 4.78. The van der Waals surface area contributed by atoms with E-state index in [1.165, 1.54) is 23.2 Å². The molecule has 0 fully saturated rings. The van der Waals surface area contributed by atoms with E-state index >= 15 is 0 Å². The van der Waals surface area contributed by atoms with Crippen molar-refractivity contribution >= 4 is 5.69 Å². The van der Waals surface area contributed by atoms with Crippen LogP contribution in [0.2, 0.25) is 0 Å². The van der Waals surface area contributed by atoms with Crippen LogP contribution in [0.4, 0.5) is 5.69 Å². The Morgan fingerprint density at radius 2 is 1.92 bits per heavy atom. The van der Waals surface area contributed by atoms with Gasteiger partial charge in [-0.3, -0.25) is 0 Å². The number of rotatable bonds is 7. The van der Waals surface area contributed by atoms with Crippen molar-refractivity contribution in [3.63, 3.8) is 0 Å². The molecule has 0 aliphatic carbocycles. The molecule has 2 N–H and O–H groups in total. The fourth-order valence-corrected chi connectivity index (χ4v) is 3.45. The Morgan fingerprint density at radius 3 is 2.67 bits per heavy atom. The van der Waals surface area contributed by atoms with Crippen molar-refractivity contribution in [3.8, 4) is 5.75 Å². The first-order valence-corrected chi connectivity index (χ1v) is 9.11. The first kappa shape index (κ1) is 16.8. The SMILES string of the molecule is CCCCOc1ccc(C(CN)N2CCCc3ccccc32)cc1. The summed E-state index contributed by atoms with van der Waals surface area (Å²) in [4.78, 5) is 2.46. The molecule has 0 spiro atoms. The summed E-state index contributed by atoms with van der Waals surface area (Å²) in [6.07, 6.45) is 4.60. The highest BCUT2D eigenvalue weighted by Crippen LogP contribution is 2.34. The maximum absolute atomic E-state index is 6.16. The molecule has 0 amide bonds. The molecule has 1 heterocycles. The summed E-state index contributed by atoms with van der Waals surface area (Å²) in [5.74, 6) is 0.946. The van der Waals surface area contributed by atoms with Gasteiger partial charge >= 0.3 is 0 Å². The summed E-state index contributed by atoms with van der Waals surface area (Å²) < 4.78 is 5.77. The molecular weight excluding hydrogens is 296 g/mol. The van der Waals surface area contributed by atoms with E-state index in [1.54, 1.807) is 0 Å². The van der Waals surface area contributed by atoms with Crippen molar-refractivity contribution in [1.29, 1.82) is 0 Å². The number of ether oxygens (including phenoxy) is 1. The third-order valence-electron chi connectivity index (χ3n) is 4.78. The lowest BCUT2D eigenvalue weighted by atomic mass is 9.97. The first-order valence-electron chi connectivity index (χ1n) is 9.11. The van der Waals surface area contributed by atoms with E-state index in [1.807, 2.05) is 0 Å². The first-order chi connectivity index (χ1) is 11.8. The number of hydrogen-bond donors (Lipinski definition) is 1. The summed E-state index contributed by atoms with van der Waals surface area (Å²) in [5, 5.41) is 0. The van der Waals surface area contributed by atoms with Crippen LogP contribution < -0.4 is 15.4 Å². The Morgan fingerprint density at radius 1 is 1.12 bits per heavy atom. The van der Waals surface area contributed by atoms with E-state index in [2.05, 4.69) is 60.4 Å². The van der Waals surface area contributed by atoms with Gasteiger partial charge in [-0.05, 0) is 48.6 Å². The van der Waals surface area contributed by atoms with Crippen molar-refractivity contribution in [1.82, 2.24) is 0 Å². The van der Waals surface area contributed by atoms with Crippen LogP contribution in [0.3, 0.4) is 0 Å². The highest BCUT2D eigenvalue weighted by atomic mass is 16.5. The molecule has 1 unspecified atom stereocenters. The van der Waals surface area contributed by atoms with Crippen molar-refractivity contribution in [2.75, 3.05) is 24.6 Å². The van der Waals surface area contributed by atoms with Gasteiger partial charge in [0.2, 0.25) is 0 Å². The number of benzene rings is 2. The van der Waals surface area contributed by atoms with Gasteiger partial charge in [-0.15, -0.1) is 0 Å². The van der Waals surface area contributed by atoms with E-state index in [0.717, 1.165) is 38.2 Å². The molecular formula is C21H28N2O. The maximum Gasteiger partial charge on any atom is 0.119 e. The molecule has 24 heavy (non-hydrogen) atoms. The van der Waals surface area contributed by atoms with E-state index in [4.69, 9.17) is 10.5 Å². The van der Waals surface area contributed by atoms with Crippen molar-refractivity contribution in [3.05, 3.63) is 59.7 Å². The highest BCUT2D eigenvalue weighted by molar-refractivity contribution is 5.57. The highest BCUT2D eigenvalue weighted by Gasteiger charge is 2.24. The Hall–Kier alpha value is -2.00. The molecule has 1 atom stereocenters. The molecule has 1 aliphatic heterocycles. The van der Waals surface area contributed by atoms with Crippen LogP contribution in [0.1, 0.15) is 43.4 Å². The van der Waals surface area contributed by atoms with Gasteiger partial charge in [-0.2, -0.15) is 0 Å². The average molecular weight is 324 g/mol. The standard InChI is InChI=1S/C21H28N2O/c1-2-3-15-24-19-12-10-18(11-13-19)21(16-22)23-14-6-8-17-7-4-5-9-20(17)23/h4-5,7,9-13,21H,2-3,6,8,14-16,22H2,1H3. The molecule has 0 aromatic heterocycles. The van der Waals surface area contributed by atoms with Gasteiger partial charge in [-0.1, -0.05) is 43.7 Å². The zero-order chi connectivity index (χ0) is 16.8. The molecule has 1 aliphatic rings. The van der Waals surface area contributed by atoms with Gasteiger partial charge in [0.25, 0.3) is 0 Å². The van der Waals surface area contributed by atoms with Gasteiger partial charge < -0.3 is 15.4 Å². The van der Waals surface area contributed by atoms with Gasteiger partial charge in [-0.25, -0.2) is 0 Å². The smallest absolute Gasteiger partial charge is 0.119 e. The molecule has 3 heteroatoms. The van der Waals surface area contributed by atoms with Gasteiger partial charge in [0, 0.05) is 18.8 Å². The Balaban J connectivity index is 1.77. The number of aryl methyl sites for hydroxylation is 1. The minimum absolute atomic E-state index is 0.219. The van der Waals surface area contributed by atoms with Gasteiger partial charge in [0.1, 0.15) is 5.75 Å². The van der Waals surface area contributed by atoms with Crippen molar-refractivity contribution in [2.45, 2.75) is 38.6 Å². The second-order valence-electron chi connectivity index (χ2n) is 6.45. The largest absolute Gasteiger partial charge is 0.494 e. The summed E-state index contributed by atoms with van der Waals surface area (Å²) in [7, 11) is 0. The second-order valence-corrected chi connectivity index (χ2v) is 6.45. The van der Waals surface area contributed by atoms with Crippen LogP contribution in [-0.2, 0) is 6.42 Å². The summed E-state index contributed by atoms with van der Waals surface area (Å²) >= 11 is 0. The van der Waals surface area contributed by atoms with Gasteiger partial charge in [0.05, 0.1) is 12.6 Å². The normalized spacial score (nSPS) is 15.0. The van der Waals surface area contributed by atoms with Gasteiger partial charge in [0.15, 0.2) is 0 Å².